The molecule has 2 atom stereocenters. The molecule has 0 aliphatic rings. The van der Waals surface area contributed by atoms with Gasteiger partial charge in [-0.05, 0) is 49.8 Å². The number of rotatable bonds is 10. The van der Waals surface area contributed by atoms with Crippen LogP contribution in [0.25, 0.3) is 0 Å². The number of benzene rings is 1. The lowest BCUT2D eigenvalue weighted by molar-refractivity contribution is -0.123. The topological polar surface area (TPSA) is 70.2 Å². The Labute approximate surface area is 156 Å². The molecular weight excluding hydrogens is 333 g/mol. The normalized spacial score (nSPS) is 13.2. The third-order valence-corrected chi connectivity index (χ3v) is 4.13. The van der Waals surface area contributed by atoms with Gasteiger partial charge in [-0.15, -0.1) is 0 Å². The van der Waals surface area contributed by atoms with Crippen molar-refractivity contribution in [2.24, 2.45) is 5.92 Å². The van der Waals surface area contributed by atoms with Gasteiger partial charge < -0.3 is 16.0 Å². The summed E-state index contributed by atoms with van der Waals surface area (Å²) in [7, 11) is 0. The minimum absolute atomic E-state index is 0.0772. The number of urea groups is 1. The summed E-state index contributed by atoms with van der Waals surface area (Å²) in [5.41, 5.74) is 0.792. The zero-order valence-electron chi connectivity index (χ0n) is 16.3. The summed E-state index contributed by atoms with van der Waals surface area (Å²) in [6, 6.07) is 5.03. The Morgan fingerprint density at radius 3 is 2.23 bits per heavy atom. The van der Waals surface area contributed by atoms with E-state index in [0.29, 0.717) is 12.3 Å². The second-order valence-electron chi connectivity index (χ2n) is 7.18. The molecule has 1 rings (SSSR count). The summed E-state index contributed by atoms with van der Waals surface area (Å²) < 4.78 is 12.9. The first-order chi connectivity index (χ1) is 12.3. The standard InChI is InChI=1S/C20H32FN3O2/c1-5-6-18(19(25)23-15(4)8-7-14(2)3)24-20(26)22-13-16-9-11-17(21)12-10-16/h9-12,14-15,18H,5-8,13H2,1-4H3,(H,23,25)(H2,22,24,26)/t15-,18-/m0/s1. The van der Waals surface area contributed by atoms with Crippen molar-refractivity contribution in [2.75, 3.05) is 0 Å². The molecule has 3 amide bonds. The van der Waals surface area contributed by atoms with Crippen LogP contribution in [0.15, 0.2) is 24.3 Å². The molecule has 0 aliphatic carbocycles. The van der Waals surface area contributed by atoms with Gasteiger partial charge in [0.2, 0.25) is 5.91 Å². The van der Waals surface area contributed by atoms with Gasteiger partial charge in [0.15, 0.2) is 0 Å². The van der Waals surface area contributed by atoms with Gasteiger partial charge >= 0.3 is 6.03 Å². The van der Waals surface area contributed by atoms with Crippen molar-refractivity contribution in [1.82, 2.24) is 16.0 Å². The summed E-state index contributed by atoms with van der Waals surface area (Å²) >= 11 is 0. The largest absolute Gasteiger partial charge is 0.352 e. The first-order valence-corrected chi connectivity index (χ1v) is 9.41. The van der Waals surface area contributed by atoms with Gasteiger partial charge in [0, 0.05) is 12.6 Å². The van der Waals surface area contributed by atoms with Crippen LogP contribution in [0.2, 0.25) is 0 Å². The molecule has 3 N–H and O–H groups in total. The Balaban J connectivity index is 2.47. The van der Waals surface area contributed by atoms with E-state index in [1.54, 1.807) is 12.1 Å². The minimum Gasteiger partial charge on any atom is -0.352 e. The van der Waals surface area contributed by atoms with Crippen molar-refractivity contribution in [1.29, 1.82) is 0 Å². The molecule has 0 fully saturated rings. The van der Waals surface area contributed by atoms with Crippen molar-refractivity contribution in [3.8, 4) is 0 Å². The highest BCUT2D eigenvalue weighted by molar-refractivity contribution is 5.87. The zero-order valence-corrected chi connectivity index (χ0v) is 16.3. The molecule has 0 bridgehead atoms. The third kappa shape index (κ3) is 8.83. The van der Waals surface area contributed by atoms with Gasteiger partial charge in [-0.2, -0.15) is 0 Å². The quantitative estimate of drug-likeness (QED) is 0.591. The molecule has 0 radical (unpaired) electrons. The second kappa shape index (κ2) is 11.5. The number of amides is 3. The molecule has 0 unspecified atom stereocenters. The lowest BCUT2D eigenvalue weighted by atomic mass is 10.0. The van der Waals surface area contributed by atoms with Crippen molar-refractivity contribution < 1.29 is 14.0 Å². The highest BCUT2D eigenvalue weighted by atomic mass is 19.1. The molecule has 1 aromatic rings. The summed E-state index contributed by atoms with van der Waals surface area (Å²) in [4.78, 5) is 24.5. The van der Waals surface area contributed by atoms with Crippen LogP contribution in [0.5, 0.6) is 0 Å². The molecule has 0 heterocycles. The molecule has 0 saturated heterocycles. The van der Waals surface area contributed by atoms with Crippen LogP contribution in [-0.4, -0.2) is 24.0 Å². The van der Waals surface area contributed by atoms with Crippen LogP contribution in [0.4, 0.5) is 9.18 Å². The molecule has 26 heavy (non-hydrogen) atoms. The van der Waals surface area contributed by atoms with Crippen LogP contribution in [0.3, 0.4) is 0 Å². The number of nitrogens with one attached hydrogen (secondary N) is 3. The second-order valence-corrected chi connectivity index (χ2v) is 7.18. The fourth-order valence-electron chi connectivity index (χ4n) is 2.55. The molecule has 1 aromatic carbocycles. The van der Waals surface area contributed by atoms with E-state index < -0.39 is 12.1 Å². The van der Waals surface area contributed by atoms with E-state index in [2.05, 4.69) is 29.8 Å². The fraction of sp³-hybridized carbons (Fsp3) is 0.600. The lowest BCUT2D eigenvalue weighted by Crippen LogP contribution is -2.51. The smallest absolute Gasteiger partial charge is 0.315 e. The van der Waals surface area contributed by atoms with Crippen LogP contribution in [-0.2, 0) is 11.3 Å². The van der Waals surface area contributed by atoms with E-state index in [1.807, 2.05) is 13.8 Å². The van der Waals surface area contributed by atoms with Gasteiger partial charge in [-0.25, -0.2) is 9.18 Å². The van der Waals surface area contributed by atoms with Crippen molar-refractivity contribution in [3.05, 3.63) is 35.6 Å². The summed E-state index contributed by atoms with van der Waals surface area (Å²) in [5.74, 6) is 0.126. The number of hydrogen-bond acceptors (Lipinski definition) is 2. The molecule has 5 nitrogen and oxygen atoms in total. The highest BCUT2D eigenvalue weighted by Crippen LogP contribution is 2.07. The predicted octanol–water partition coefficient (Wildman–Crippen LogP) is 3.73. The van der Waals surface area contributed by atoms with Gasteiger partial charge in [0.25, 0.3) is 0 Å². The average molecular weight is 365 g/mol. The summed E-state index contributed by atoms with van der Waals surface area (Å²) in [6.45, 7) is 8.54. The van der Waals surface area contributed by atoms with E-state index in [9.17, 15) is 14.0 Å². The lowest BCUT2D eigenvalue weighted by Gasteiger charge is -2.21. The van der Waals surface area contributed by atoms with Crippen molar-refractivity contribution in [3.63, 3.8) is 0 Å². The van der Waals surface area contributed by atoms with Crippen LogP contribution < -0.4 is 16.0 Å². The van der Waals surface area contributed by atoms with Crippen LogP contribution >= 0.6 is 0 Å². The fourth-order valence-corrected chi connectivity index (χ4v) is 2.55. The minimum atomic E-state index is -0.560. The highest BCUT2D eigenvalue weighted by Gasteiger charge is 2.21. The average Bonchev–Trinajstić information content (AvgIpc) is 2.59. The molecular formula is C20H32FN3O2. The van der Waals surface area contributed by atoms with E-state index in [-0.39, 0.29) is 24.3 Å². The maximum Gasteiger partial charge on any atom is 0.315 e. The number of halogens is 1. The summed E-state index contributed by atoms with van der Waals surface area (Å²) in [5, 5.41) is 8.42. The number of carbonyl (C=O) groups is 2. The molecule has 6 heteroatoms. The van der Waals surface area contributed by atoms with Crippen molar-refractivity contribution >= 4 is 11.9 Å². The van der Waals surface area contributed by atoms with Gasteiger partial charge in [-0.3, -0.25) is 4.79 Å². The Hall–Kier alpha value is -2.11. The third-order valence-electron chi connectivity index (χ3n) is 4.13. The molecule has 146 valence electrons. The maximum atomic E-state index is 12.9. The van der Waals surface area contributed by atoms with Gasteiger partial charge in [0.1, 0.15) is 11.9 Å². The monoisotopic (exact) mass is 365 g/mol. The van der Waals surface area contributed by atoms with Gasteiger partial charge in [-0.1, -0.05) is 39.3 Å². The Kier molecular flexibility index (Phi) is 9.70. The number of hydrogen-bond donors (Lipinski definition) is 3. The van der Waals surface area contributed by atoms with Crippen molar-refractivity contribution in [2.45, 2.75) is 72.0 Å². The van der Waals surface area contributed by atoms with E-state index in [1.165, 1.54) is 12.1 Å². The van der Waals surface area contributed by atoms with Crippen LogP contribution in [0.1, 0.15) is 58.9 Å². The van der Waals surface area contributed by atoms with E-state index in [0.717, 1.165) is 24.8 Å². The molecule has 0 aromatic heterocycles. The first-order valence-electron chi connectivity index (χ1n) is 9.41. The molecule has 0 saturated carbocycles. The zero-order chi connectivity index (χ0) is 19.5. The van der Waals surface area contributed by atoms with E-state index in [4.69, 9.17) is 0 Å². The Morgan fingerprint density at radius 2 is 1.65 bits per heavy atom. The van der Waals surface area contributed by atoms with E-state index >= 15 is 0 Å². The summed E-state index contributed by atoms with van der Waals surface area (Å²) in [6.07, 6.45) is 3.33. The molecule has 0 aliphatic heterocycles. The molecule has 0 spiro atoms. The van der Waals surface area contributed by atoms with Crippen LogP contribution in [0, 0.1) is 11.7 Å². The first kappa shape index (κ1) is 21.9. The Morgan fingerprint density at radius 1 is 1.00 bits per heavy atom. The predicted molar refractivity (Wildman–Crippen MR) is 102 cm³/mol. The maximum absolute atomic E-state index is 12.9. The Bertz CT molecular complexity index is 561. The SMILES string of the molecule is CCC[C@H](NC(=O)NCc1ccc(F)cc1)C(=O)N[C@@H](C)CCC(C)C. The van der Waals surface area contributed by atoms with Gasteiger partial charge in [0.05, 0.1) is 0 Å². The number of carbonyl (C=O) groups excluding carboxylic acids is 2.